The summed E-state index contributed by atoms with van der Waals surface area (Å²) in [5.41, 5.74) is -0.478. The van der Waals surface area contributed by atoms with Crippen LogP contribution in [0.5, 0.6) is 0 Å². The van der Waals surface area contributed by atoms with Gasteiger partial charge in [0.1, 0.15) is 17.8 Å². The zero-order valence-corrected chi connectivity index (χ0v) is 19.9. The molecule has 2 rings (SSSR count). The van der Waals surface area contributed by atoms with Gasteiger partial charge in [0.2, 0.25) is 0 Å². The Morgan fingerprint density at radius 2 is 2.18 bits per heavy atom. The van der Waals surface area contributed by atoms with Crippen molar-refractivity contribution in [2.24, 2.45) is 4.99 Å². The minimum atomic E-state index is -0.478. The molecule has 0 spiro atoms. The van der Waals surface area contributed by atoms with Crippen molar-refractivity contribution in [3.05, 3.63) is 12.2 Å². The molecule has 0 radical (unpaired) electrons. The summed E-state index contributed by atoms with van der Waals surface area (Å²) in [7, 11) is 1.75. The lowest BCUT2D eigenvalue weighted by Crippen LogP contribution is -2.53. The molecule has 1 unspecified atom stereocenters. The third-order valence-electron chi connectivity index (χ3n) is 4.29. The number of carbonyl (C=O) groups is 1. The van der Waals surface area contributed by atoms with Gasteiger partial charge >= 0.3 is 6.09 Å². The minimum Gasteiger partial charge on any atom is -0.444 e. The van der Waals surface area contributed by atoms with Gasteiger partial charge in [-0.15, -0.1) is 34.2 Å². The van der Waals surface area contributed by atoms with Crippen LogP contribution in [0.2, 0.25) is 0 Å². The molecule has 1 aromatic rings. The number of aryl methyl sites for hydroxylation is 1. The molecule has 0 aliphatic carbocycles. The van der Waals surface area contributed by atoms with Gasteiger partial charge in [-0.25, -0.2) is 4.79 Å². The van der Waals surface area contributed by atoms with E-state index in [1.54, 1.807) is 18.3 Å². The summed E-state index contributed by atoms with van der Waals surface area (Å²) < 4.78 is 7.52. The molecule has 1 fully saturated rings. The van der Waals surface area contributed by atoms with Crippen LogP contribution in [-0.4, -0.2) is 70.0 Å². The maximum atomic E-state index is 12.3. The Bertz CT molecular complexity index is 642. The molecule has 160 valence electrons. The van der Waals surface area contributed by atoms with Crippen LogP contribution in [0.15, 0.2) is 11.3 Å². The fraction of sp³-hybridized carbons (Fsp3) is 0.778. The van der Waals surface area contributed by atoms with E-state index in [4.69, 9.17) is 4.74 Å². The molecular weight excluding hydrogens is 473 g/mol. The summed E-state index contributed by atoms with van der Waals surface area (Å²) in [6.45, 7) is 10.5. The smallest absolute Gasteiger partial charge is 0.410 e. The third-order valence-corrected chi connectivity index (χ3v) is 4.29. The lowest BCUT2D eigenvalue weighted by molar-refractivity contribution is 0.0193. The predicted octanol–water partition coefficient (Wildman–Crippen LogP) is 2.02. The number of rotatable bonds is 5. The molecule has 1 aromatic heterocycles. The Balaban J connectivity index is 0.00000392. The number of nitrogens with one attached hydrogen (secondary N) is 2. The summed E-state index contributed by atoms with van der Waals surface area (Å²) in [6.07, 6.45) is 4.28. The fourth-order valence-electron chi connectivity index (χ4n) is 3.01. The fourth-order valence-corrected chi connectivity index (χ4v) is 3.01. The molecule has 0 bridgehead atoms. The average Bonchev–Trinajstić information content (AvgIpc) is 3.07. The Morgan fingerprint density at radius 1 is 1.43 bits per heavy atom. The normalized spacial score (nSPS) is 17.7. The molecule has 1 atom stereocenters. The third kappa shape index (κ3) is 7.80. The largest absolute Gasteiger partial charge is 0.444 e. The Hall–Kier alpha value is -1.59. The second-order valence-corrected chi connectivity index (χ2v) is 7.70. The molecule has 1 saturated heterocycles. The number of hydrogen-bond acceptors (Lipinski definition) is 5. The van der Waals surface area contributed by atoms with Gasteiger partial charge in [-0.1, -0.05) is 6.92 Å². The van der Waals surface area contributed by atoms with Crippen LogP contribution in [0, 0.1) is 0 Å². The van der Waals surface area contributed by atoms with Gasteiger partial charge in [-0.05, 0) is 33.6 Å². The summed E-state index contributed by atoms with van der Waals surface area (Å²) in [5, 5.41) is 14.8. The molecule has 10 heteroatoms. The Morgan fingerprint density at radius 3 is 2.82 bits per heavy atom. The van der Waals surface area contributed by atoms with Crippen LogP contribution < -0.4 is 10.6 Å². The highest BCUT2D eigenvalue weighted by atomic mass is 127. The highest BCUT2D eigenvalue weighted by Gasteiger charge is 2.27. The number of amides is 1. The Labute approximate surface area is 184 Å². The highest BCUT2D eigenvalue weighted by Crippen LogP contribution is 2.15. The summed E-state index contributed by atoms with van der Waals surface area (Å²) in [6, 6.07) is 0.151. The molecule has 1 aliphatic heterocycles. The highest BCUT2D eigenvalue weighted by molar-refractivity contribution is 14.0. The van der Waals surface area contributed by atoms with E-state index in [9.17, 15) is 4.79 Å². The van der Waals surface area contributed by atoms with Crippen LogP contribution in [-0.2, 0) is 17.7 Å². The molecular formula is C18H34IN7O2. The van der Waals surface area contributed by atoms with Crippen molar-refractivity contribution in [1.29, 1.82) is 0 Å². The van der Waals surface area contributed by atoms with Gasteiger partial charge in [-0.2, -0.15) is 0 Å². The van der Waals surface area contributed by atoms with E-state index in [-0.39, 0.29) is 36.1 Å². The van der Waals surface area contributed by atoms with Gasteiger partial charge in [0.05, 0.1) is 0 Å². The van der Waals surface area contributed by atoms with E-state index in [2.05, 4.69) is 32.7 Å². The number of likely N-dealkylation sites (tertiary alicyclic amines) is 1. The summed E-state index contributed by atoms with van der Waals surface area (Å²) in [5.74, 6) is 1.71. The maximum Gasteiger partial charge on any atom is 0.410 e. The SMILES string of the molecule is CCc1nncn1CCNC(=NC)NC1CCCN(C(=O)OC(C)(C)C)C1.I. The quantitative estimate of drug-likeness (QED) is 0.360. The monoisotopic (exact) mass is 507 g/mol. The van der Waals surface area contributed by atoms with E-state index in [1.165, 1.54) is 0 Å². The van der Waals surface area contributed by atoms with Crippen LogP contribution in [0.25, 0.3) is 0 Å². The average molecular weight is 507 g/mol. The van der Waals surface area contributed by atoms with E-state index in [0.717, 1.165) is 44.1 Å². The number of aromatic nitrogens is 3. The second kappa shape index (κ2) is 11.4. The van der Waals surface area contributed by atoms with Crippen LogP contribution in [0.3, 0.4) is 0 Å². The number of halogens is 1. The van der Waals surface area contributed by atoms with Crippen molar-refractivity contribution in [2.45, 2.75) is 65.1 Å². The number of guanidine groups is 1. The zero-order chi connectivity index (χ0) is 19.9. The molecule has 28 heavy (non-hydrogen) atoms. The molecule has 1 amide bonds. The predicted molar refractivity (Wildman–Crippen MR) is 120 cm³/mol. The first-order valence-electron chi connectivity index (χ1n) is 9.64. The topological polar surface area (TPSA) is 96.7 Å². The van der Waals surface area contributed by atoms with Gasteiger partial charge < -0.3 is 24.8 Å². The Kier molecular flexibility index (Phi) is 9.97. The van der Waals surface area contributed by atoms with Gasteiger partial charge in [-0.3, -0.25) is 4.99 Å². The molecule has 2 N–H and O–H groups in total. The van der Waals surface area contributed by atoms with Crippen molar-refractivity contribution in [1.82, 2.24) is 30.3 Å². The summed E-state index contributed by atoms with van der Waals surface area (Å²) in [4.78, 5) is 18.4. The first kappa shape index (κ1) is 24.4. The molecule has 2 heterocycles. The van der Waals surface area contributed by atoms with Crippen molar-refractivity contribution >= 4 is 36.0 Å². The number of carbonyl (C=O) groups excluding carboxylic acids is 1. The number of nitrogens with zero attached hydrogens (tertiary/aromatic N) is 5. The van der Waals surface area contributed by atoms with Crippen LogP contribution in [0.1, 0.15) is 46.4 Å². The molecule has 9 nitrogen and oxygen atoms in total. The number of piperidine rings is 1. The lowest BCUT2D eigenvalue weighted by atomic mass is 10.1. The van der Waals surface area contributed by atoms with Crippen molar-refractivity contribution < 1.29 is 9.53 Å². The van der Waals surface area contributed by atoms with Gasteiger partial charge in [0, 0.05) is 45.7 Å². The number of aliphatic imine (C=N–C) groups is 1. The van der Waals surface area contributed by atoms with Crippen LogP contribution >= 0.6 is 24.0 Å². The maximum absolute atomic E-state index is 12.3. The first-order valence-corrected chi connectivity index (χ1v) is 9.64. The van der Waals surface area contributed by atoms with Gasteiger partial charge in [0.15, 0.2) is 5.96 Å². The van der Waals surface area contributed by atoms with Crippen molar-refractivity contribution in [3.8, 4) is 0 Å². The van der Waals surface area contributed by atoms with E-state index >= 15 is 0 Å². The standard InChI is InChI=1S/C18H33N7O2.HI/c1-6-15-23-21-13-25(15)11-9-20-16(19-5)22-14-8-7-10-24(12-14)17(26)27-18(2,3)4;/h13-14H,6-12H2,1-5H3,(H2,19,20,22);1H. The molecule has 0 aromatic carbocycles. The van der Waals surface area contributed by atoms with Crippen LogP contribution in [0.4, 0.5) is 4.79 Å². The molecule has 1 aliphatic rings. The first-order chi connectivity index (χ1) is 12.8. The number of ether oxygens (including phenoxy) is 1. The van der Waals surface area contributed by atoms with E-state index in [0.29, 0.717) is 13.1 Å². The minimum absolute atomic E-state index is 0. The van der Waals surface area contributed by atoms with E-state index < -0.39 is 5.60 Å². The second-order valence-electron chi connectivity index (χ2n) is 7.70. The van der Waals surface area contributed by atoms with Gasteiger partial charge in [0.25, 0.3) is 0 Å². The summed E-state index contributed by atoms with van der Waals surface area (Å²) >= 11 is 0. The zero-order valence-electron chi connectivity index (χ0n) is 17.6. The molecule has 0 saturated carbocycles. The van der Waals surface area contributed by atoms with E-state index in [1.807, 2.05) is 25.3 Å². The van der Waals surface area contributed by atoms with Crippen molar-refractivity contribution in [2.75, 3.05) is 26.7 Å². The lowest BCUT2D eigenvalue weighted by Gasteiger charge is -2.35. The number of hydrogen-bond donors (Lipinski definition) is 2. The van der Waals surface area contributed by atoms with Crippen molar-refractivity contribution in [3.63, 3.8) is 0 Å².